The molecule has 0 atom stereocenters. The number of ether oxygens (including phenoxy) is 1. The highest BCUT2D eigenvalue weighted by Crippen LogP contribution is 2.35. The first kappa shape index (κ1) is 19.8. The zero-order chi connectivity index (χ0) is 21.4. The Bertz CT molecular complexity index is 1160. The zero-order valence-electron chi connectivity index (χ0n) is 16.8. The number of ketones is 1. The summed E-state index contributed by atoms with van der Waals surface area (Å²) in [6.07, 6.45) is 8.48. The minimum Gasteiger partial charge on any atom is -0.496 e. The molecule has 4 heterocycles. The number of aryl methyl sites for hydroxylation is 1. The Hall–Kier alpha value is -3.46. The molecule has 0 saturated carbocycles. The van der Waals surface area contributed by atoms with Gasteiger partial charge in [-0.25, -0.2) is 9.97 Å². The summed E-state index contributed by atoms with van der Waals surface area (Å²) in [5.74, 6) is 0.930. The molecule has 1 aliphatic heterocycles. The summed E-state index contributed by atoms with van der Waals surface area (Å²) in [6.45, 7) is 4.58. The quantitative estimate of drug-likeness (QED) is 0.501. The number of carbonyl (C=O) groups is 1. The number of carbonyl (C=O) groups excluding carboxylic acids is 1. The third-order valence-electron chi connectivity index (χ3n) is 4.96. The number of halogens is 1. The minimum absolute atomic E-state index is 0.00440. The fraction of sp³-hybridized carbons (Fsp3) is 0.250. The monoisotopic (exact) mass is 425 g/mol. The van der Waals surface area contributed by atoms with E-state index in [1.807, 2.05) is 18.7 Å². The molecule has 4 rings (SSSR count). The Morgan fingerprint density at radius 3 is 2.83 bits per heavy atom. The molecule has 0 fully saturated rings. The van der Waals surface area contributed by atoms with Crippen LogP contribution in [0.5, 0.6) is 5.75 Å². The largest absolute Gasteiger partial charge is 0.496 e. The maximum Gasteiger partial charge on any atom is 0.223 e. The summed E-state index contributed by atoms with van der Waals surface area (Å²) < 4.78 is 7.23. The summed E-state index contributed by atoms with van der Waals surface area (Å²) in [6, 6.07) is 0. The average molecular weight is 426 g/mol. The van der Waals surface area contributed by atoms with Crippen molar-refractivity contribution < 1.29 is 9.53 Å². The van der Waals surface area contributed by atoms with Crippen molar-refractivity contribution in [3.8, 4) is 5.75 Å². The van der Waals surface area contributed by atoms with Crippen molar-refractivity contribution >= 4 is 35.4 Å². The molecule has 0 bridgehead atoms. The summed E-state index contributed by atoms with van der Waals surface area (Å²) >= 11 is 6.30. The number of imidazole rings is 1. The van der Waals surface area contributed by atoms with Gasteiger partial charge in [0.1, 0.15) is 22.3 Å². The van der Waals surface area contributed by atoms with Gasteiger partial charge in [-0.1, -0.05) is 11.6 Å². The van der Waals surface area contributed by atoms with Crippen LogP contribution in [0.25, 0.3) is 6.20 Å². The van der Waals surface area contributed by atoms with Crippen molar-refractivity contribution in [3.63, 3.8) is 0 Å². The molecule has 0 amide bonds. The van der Waals surface area contributed by atoms with Crippen LogP contribution in [0, 0.1) is 13.8 Å². The maximum atomic E-state index is 13.1. The number of nitrogen functional groups attached to an aromatic ring is 1. The number of fused-ring (bicyclic) bond motifs is 1. The number of hydrogen-bond donors (Lipinski definition) is 1. The van der Waals surface area contributed by atoms with E-state index >= 15 is 0 Å². The topological polar surface area (TPSA) is 112 Å². The third kappa shape index (κ3) is 3.48. The van der Waals surface area contributed by atoms with Gasteiger partial charge < -0.3 is 19.9 Å². The van der Waals surface area contributed by atoms with Crippen molar-refractivity contribution in [1.29, 1.82) is 0 Å². The highest BCUT2D eigenvalue weighted by atomic mass is 35.5. The molecule has 30 heavy (non-hydrogen) atoms. The second-order valence-corrected chi connectivity index (χ2v) is 7.32. The van der Waals surface area contributed by atoms with Crippen molar-refractivity contribution in [2.75, 3.05) is 24.3 Å². The fourth-order valence-electron chi connectivity index (χ4n) is 3.54. The van der Waals surface area contributed by atoms with Crippen LogP contribution in [0.4, 0.5) is 11.8 Å². The molecule has 3 aromatic heterocycles. The lowest BCUT2D eigenvalue weighted by Crippen LogP contribution is -2.36. The van der Waals surface area contributed by atoms with E-state index in [2.05, 4.69) is 19.9 Å². The van der Waals surface area contributed by atoms with Gasteiger partial charge in [0.05, 0.1) is 32.2 Å². The number of aromatic nitrogens is 5. The van der Waals surface area contributed by atoms with Crippen molar-refractivity contribution in [2.24, 2.45) is 0 Å². The third-order valence-corrected chi connectivity index (χ3v) is 5.24. The fourth-order valence-corrected chi connectivity index (χ4v) is 3.80. The number of pyridine rings is 1. The maximum absolute atomic E-state index is 13.1. The summed E-state index contributed by atoms with van der Waals surface area (Å²) in [5, 5.41) is 0.0231. The molecular weight excluding hydrogens is 406 g/mol. The Morgan fingerprint density at radius 1 is 1.33 bits per heavy atom. The van der Waals surface area contributed by atoms with Crippen LogP contribution in [0.2, 0.25) is 5.15 Å². The number of anilines is 2. The van der Waals surface area contributed by atoms with Gasteiger partial charge in [-0.3, -0.25) is 9.78 Å². The molecule has 2 N–H and O–H groups in total. The predicted octanol–water partition coefficient (Wildman–Crippen LogP) is 2.67. The van der Waals surface area contributed by atoms with E-state index in [0.29, 0.717) is 24.5 Å². The second kappa shape index (κ2) is 7.75. The van der Waals surface area contributed by atoms with E-state index in [0.717, 1.165) is 22.6 Å². The van der Waals surface area contributed by atoms with Gasteiger partial charge in [0.25, 0.3) is 0 Å². The molecule has 0 spiro atoms. The number of rotatable bonds is 4. The molecule has 0 saturated heterocycles. The SMILES string of the molecule is COc1c(C)cnc(CN2CC(=Cn3ccnc3)C(=O)c3c(Cl)nc(N)nc32)c1C. The summed E-state index contributed by atoms with van der Waals surface area (Å²) in [4.78, 5) is 31.9. The van der Waals surface area contributed by atoms with Crippen LogP contribution in [-0.4, -0.2) is 43.9 Å². The van der Waals surface area contributed by atoms with Crippen LogP contribution >= 0.6 is 11.6 Å². The molecule has 9 nitrogen and oxygen atoms in total. The van der Waals surface area contributed by atoms with Crippen LogP contribution in [0.3, 0.4) is 0 Å². The molecule has 0 unspecified atom stereocenters. The lowest BCUT2D eigenvalue weighted by molar-refractivity contribution is 0.103. The molecule has 154 valence electrons. The average Bonchev–Trinajstić information content (AvgIpc) is 3.20. The first-order valence-corrected chi connectivity index (χ1v) is 9.56. The Balaban J connectivity index is 1.81. The lowest BCUT2D eigenvalue weighted by Gasteiger charge is -2.31. The molecule has 0 radical (unpaired) electrons. The first-order valence-electron chi connectivity index (χ1n) is 9.19. The summed E-state index contributed by atoms with van der Waals surface area (Å²) in [7, 11) is 1.63. The van der Waals surface area contributed by atoms with Gasteiger partial charge in [-0.2, -0.15) is 4.98 Å². The number of Topliss-reactive ketones (excluding diaryl/α,β-unsaturated/α-hetero) is 1. The Kier molecular flexibility index (Phi) is 5.13. The van der Waals surface area contributed by atoms with E-state index in [-0.39, 0.29) is 22.4 Å². The van der Waals surface area contributed by atoms with Crippen molar-refractivity contribution in [3.05, 3.63) is 58.0 Å². The van der Waals surface area contributed by atoms with E-state index in [1.54, 1.807) is 42.8 Å². The summed E-state index contributed by atoms with van der Waals surface area (Å²) in [5.41, 5.74) is 9.23. The molecule has 10 heteroatoms. The number of nitrogens with zero attached hydrogens (tertiary/aromatic N) is 6. The molecule has 3 aromatic rings. The highest BCUT2D eigenvalue weighted by Gasteiger charge is 2.33. The number of hydrogen-bond acceptors (Lipinski definition) is 8. The van der Waals surface area contributed by atoms with E-state index in [4.69, 9.17) is 22.1 Å². The van der Waals surface area contributed by atoms with Crippen LogP contribution < -0.4 is 15.4 Å². The second-order valence-electron chi connectivity index (χ2n) is 6.97. The Labute approximate surface area is 178 Å². The number of methoxy groups -OCH3 is 1. The van der Waals surface area contributed by atoms with Crippen LogP contribution in [0.1, 0.15) is 27.2 Å². The standard InChI is InChI=1S/C20H20ClN7O2/c1-11-6-24-14(12(2)17(11)30-3)9-28-8-13(7-27-5-4-23-10-27)16(29)15-18(21)25-20(22)26-19(15)28/h4-7,10H,8-9H2,1-3H3,(H2,22,25,26). The zero-order valence-corrected chi connectivity index (χ0v) is 17.5. The predicted molar refractivity (Wildman–Crippen MR) is 114 cm³/mol. The molecule has 1 aliphatic rings. The molecule has 0 aliphatic carbocycles. The lowest BCUT2D eigenvalue weighted by atomic mass is 10.00. The van der Waals surface area contributed by atoms with Gasteiger partial charge >= 0.3 is 0 Å². The molecular formula is C20H20ClN7O2. The highest BCUT2D eigenvalue weighted by molar-refractivity contribution is 6.35. The minimum atomic E-state index is -0.244. The van der Waals surface area contributed by atoms with E-state index < -0.39 is 0 Å². The first-order chi connectivity index (χ1) is 14.4. The van der Waals surface area contributed by atoms with Crippen LogP contribution in [-0.2, 0) is 6.54 Å². The van der Waals surface area contributed by atoms with Gasteiger partial charge in [-0.05, 0) is 13.8 Å². The van der Waals surface area contributed by atoms with Gasteiger partial charge in [-0.15, -0.1) is 0 Å². The van der Waals surface area contributed by atoms with Crippen molar-refractivity contribution in [1.82, 2.24) is 24.5 Å². The molecule has 0 aromatic carbocycles. The normalized spacial score (nSPS) is 14.9. The van der Waals surface area contributed by atoms with E-state index in [1.165, 1.54) is 0 Å². The van der Waals surface area contributed by atoms with Crippen LogP contribution in [0.15, 0.2) is 30.5 Å². The Morgan fingerprint density at radius 2 is 2.13 bits per heavy atom. The van der Waals surface area contributed by atoms with Gasteiger partial charge in [0.2, 0.25) is 5.95 Å². The smallest absolute Gasteiger partial charge is 0.223 e. The van der Waals surface area contributed by atoms with Gasteiger partial charge in [0, 0.05) is 41.5 Å². The van der Waals surface area contributed by atoms with Crippen molar-refractivity contribution in [2.45, 2.75) is 20.4 Å². The van der Waals surface area contributed by atoms with E-state index in [9.17, 15) is 4.79 Å². The van der Waals surface area contributed by atoms with Gasteiger partial charge in [0.15, 0.2) is 5.78 Å². The number of nitrogens with two attached hydrogens (primary N) is 1.